The first-order valence-electron chi connectivity index (χ1n) is 13.5. The lowest BCUT2D eigenvalue weighted by Crippen LogP contribution is -2.43. The zero-order valence-electron chi connectivity index (χ0n) is 23.8. The molecule has 2 aliphatic carbocycles. The fourth-order valence-electron chi connectivity index (χ4n) is 6.32. The zero-order chi connectivity index (χ0) is 30.9. The normalized spacial score (nSPS) is 20.5. The highest BCUT2D eigenvalue weighted by Gasteiger charge is 2.48. The number of nitro benzene ring substituents is 1. The number of ether oxygens (including phenoxy) is 1. The molecule has 0 fully saturated rings. The van der Waals surface area contributed by atoms with E-state index in [0.29, 0.717) is 54.5 Å². The second kappa shape index (κ2) is 9.97. The van der Waals surface area contributed by atoms with Crippen LogP contribution in [0.3, 0.4) is 0 Å². The zero-order valence-corrected chi connectivity index (χ0v) is 24.6. The molecule has 0 bridgehead atoms. The number of carbonyl (C=O) groups is 2. The van der Waals surface area contributed by atoms with E-state index in [2.05, 4.69) is 0 Å². The Morgan fingerprint density at radius 1 is 0.905 bits per heavy atom. The van der Waals surface area contributed by atoms with Crippen molar-refractivity contribution in [3.05, 3.63) is 85.2 Å². The van der Waals surface area contributed by atoms with Crippen LogP contribution in [0.5, 0.6) is 11.5 Å². The van der Waals surface area contributed by atoms with Crippen LogP contribution in [-0.4, -0.2) is 28.4 Å². The number of ketones is 2. The smallest absolute Gasteiger partial charge is 0.416 e. The topological polar surface area (TPSA) is 89.8 Å². The highest BCUT2D eigenvalue weighted by Crippen LogP contribution is 2.54. The molecule has 2 aromatic rings. The van der Waals surface area contributed by atoms with Crippen LogP contribution in [0.15, 0.2) is 58.9 Å². The Hall–Kier alpha value is -3.66. The van der Waals surface area contributed by atoms with E-state index in [1.165, 1.54) is 6.07 Å². The van der Waals surface area contributed by atoms with E-state index < -0.39 is 34.0 Å². The molecule has 0 unspecified atom stereocenters. The molecule has 222 valence electrons. The average Bonchev–Trinajstić information content (AvgIpc) is 2.84. The molecule has 0 saturated carbocycles. The van der Waals surface area contributed by atoms with Gasteiger partial charge in [-0.3, -0.25) is 19.7 Å². The molecule has 0 radical (unpaired) electrons. The number of Topliss-reactive ketones (excluding diaryl/α,β-unsaturated/α-hetero) is 2. The molecule has 42 heavy (non-hydrogen) atoms. The van der Waals surface area contributed by atoms with Crippen LogP contribution in [0.1, 0.15) is 70.4 Å². The molecule has 3 aliphatic rings. The first kappa shape index (κ1) is 29.8. The molecule has 11 heteroatoms. The Kier molecular flexibility index (Phi) is 7.08. The number of carbonyl (C=O) groups excluding carboxylic acids is 2. The number of hydrogen-bond acceptors (Lipinski definition) is 6. The van der Waals surface area contributed by atoms with Crippen LogP contribution < -0.4 is 4.74 Å². The van der Waals surface area contributed by atoms with Crippen molar-refractivity contribution in [1.29, 1.82) is 0 Å². The highest BCUT2D eigenvalue weighted by molar-refractivity contribution is 6.32. The molecular weight excluding hydrogens is 573 g/mol. The first-order chi connectivity index (χ1) is 19.4. The number of hydrogen-bond donors (Lipinski definition) is 0. The van der Waals surface area contributed by atoms with E-state index in [1.54, 1.807) is 12.1 Å². The highest BCUT2D eigenvalue weighted by atomic mass is 35.5. The maximum atomic E-state index is 13.7. The van der Waals surface area contributed by atoms with Gasteiger partial charge in [0, 0.05) is 54.4 Å². The molecular formula is C31H30ClF3N2O5. The van der Waals surface area contributed by atoms with Crippen LogP contribution in [0.25, 0.3) is 0 Å². The summed E-state index contributed by atoms with van der Waals surface area (Å²) in [6, 6.07) is 6.62. The summed E-state index contributed by atoms with van der Waals surface area (Å²) in [5, 5.41) is 11.6. The lowest BCUT2D eigenvalue weighted by molar-refractivity contribution is -0.385. The first-order valence-corrected chi connectivity index (χ1v) is 13.9. The Bertz CT molecular complexity index is 1550. The lowest BCUT2D eigenvalue weighted by atomic mass is 9.64. The fourth-order valence-corrected chi connectivity index (χ4v) is 6.55. The summed E-state index contributed by atoms with van der Waals surface area (Å²) in [6.07, 6.45) is -2.82. The van der Waals surface area contributed by atoms with Crippen LogP contribution in [0.2, 0.25) is 5.02 Å². The van der Waals surface area contributed by atoms with E-state index in [1.807, 2.05) is 39.6 Å². The van der Waals surface area contributed by atoms with Gasteiger partial charge < -0.3 is 9.64 Å². The summed E-state index contributed by atoms with van der Waals surface area (Å²) in [7, 11) is 1.91. The Morgan fingerprint density at radius 2 is 1.43 bits per heavy atom. The summed E-state index contributed by atoms with van der Waals surface area (Å²) in [5.74, 6) is -1.17. The second-order valence-electron chi connectivity index (χ2n) is 12.8. The van der Waals surface area contributed by atoms with Crippen molar-refractivity contribution < 1.29 is 32.4 Å². The van der Waals surface area contributed by atoms with E-state index >= 15 is 0 Å². The maximum absolute atomic E-state index is 13.7. The quantitative estimate of drug-likeness (QED) is 0.258. The van der Waals surface area contributed by atoms with Gasteiger partial charge in [0.1, 0.15) is 5.75 Å². The van der Waals surface area contributed by atoms with E-state index in [-0.39, 0.29) is 33.2 Å². The van der Waals surface area contributed by atoms with Gasteiger partial charge in [0.2, 0.25) is 5.75 Å². The van der Waals surface area contributed by atoms with Crippen molar-refractivity contribution in [1.82, 2.24) is 4.90 Å². The van der Waals surface area contributed by atoms with E-state index in [9.17, 15) is 32.9 Å². The number of rotatable bonds is 4. The van der Waals surface area contributed by atoms with Crippen molar-refractivity contribution in [2.75, 3.05) is 7.05 Å². The Morgan fingerprint density at radius 3 is 1.90 bits per heavy atom. The maximum Gasteiger partial charge on any atom is 0.416 e. The fraction of sp³-hybridized carbons (Fsp3) is 0.419. The van der Waals surface area contributed by atoms with E-state index in [4.69, 9.17) is 16.3 Å². The van der Waals surface area contributed by atoms with Crippen LogP contribution >= 0.6 is 11.6 Å². The van der Waals surface area contributed by atoms with Gasteiger partial charge >= 0.3 is 11.9 Å². The lowest BCUT2D eigenvalue weighted by Gasteiger charge is -2.47. The molecule has 0 amide bonds. The molecule has 5 rings (SSSR count). The van der Waals surface area contributed by atoms with Crippen LogP contribution in [-0.2, 0) is 15.8 Å². The van der Waals surface area contributed by atoms with Gasteiger partial charge in [-0.15, -0.1) is 0 Å². The Balaban J connectivity index is 1.59. The van der Waals surface area contributed by atoms with Gasteiger partial charge in [0.25, 0.3) is 0 Å². The summed E-state index contributed by atoms with van der Waals surface area (Å²) in [5.41, 5.74) is 0.904. The minimum atomic E-state index is -4.77. The minimum Gasteiger partial charge on any atom is -0.449 e. The van der Waals surface area contributed by atoms with Gasteiger partial charge in [0.15, 0.2) is 11.6 Å². The molecule has 1 aliphatic heterocycles. The third-order valence-corrected chi connectivity index (χ3v) is 8.47. The number of nitro groups is 1. The Labute approximate surface area is 246 Å². The van der Waals surface area contributed by atoms with Gasteiger partial charge in [-0.25, -0.2) is 0 Å². The third-order valence-electron chi connectivity index (χ3n) is 8.17. The van der Waals surface area contributed by atoms with Gasteiger partial charge in [-0.1, -0.05) is 45.4 Å². The number of allylic oxidation sites excluding steroid dienone is 4. The number of halogens is 4. The van der Waals surface area contributed by atoms with Gasteiger partial charge in [-0.05, 0) is 53.5 Å². The standard InChI is InChI=1S/C31H30ClF3N2O5/c1-29(2)12-20-27(22(38)14-29)26(28-21(36(20)5)13-30(3,4)15-23(28)39)16-6-8-24(18(32)10-16)42-25-9-7-17(31(33,34)35)11-19(25)37(40)41/h6-11,26H,12-15H2,1-5H3. The summed E-state index contributed by atoms with van der Waals surface area (Å²) in [6.45, 7) is 8.17. The monoisotopic (exact) mass is 602 g/mol. The van der Waals surface area contributed by atoms with Crippen molar-refractivity contribution in [2.45, 2.75) is 65.5 Å². The molecule has 0 spiro atoms. The summed E-state index contributed by atoms with van der Waals surface area (Å²) in [4.78, 5) is 39.9. The molecule has 0 saturated heterocycles. The van der Waals surface area contributed by atoms with Crippen LogP contribution in [0, 0.1) is 20.9 Å². The van der Waals surface area contributed by atoms with Gasteiger partial charge in [0.05, 0.1) is 15.5 Å². The second-order valence-corrected chi connectivity index (χ2v) is 13.2. The molecule has 2 aromatic carbocycles. The SMILES string of the molecule is CN1C2=C(C(=O)CC(C)(C)C2)C(c2ccc(Oc3ccc(C(F)(F)F)cc3[N+](=O)[O-])c(Cl)c2)C2=C1CC(C)(C)CC2=O. The van der Waals surface area contributed by atoms with Crippen LogP contribution in [0.4, 0.5) is 18.9 Å². The molecule has 0 N–H and O–H groups in total. The molecule has 0 atom stereocenters. The number of benzene rings is 2. The number of nitrogens with zero attached hydrogens (tertiary/aromatic N) is 2. The van der Waals surface area contributed by atoms with Crippen molar-refractivity contribution >= 4 is 28.9 Å². The predicted octanol–water partition coefficient (Wildman–Crippen LogP) is 8.37. The predicted molar refractivity (Wildman–Crippen MR) is 150 cm³/mol. The summed E-state index contributed by atoms with van der Waals surface area (Å²) >= 11 is 6.59. The summed E-state index contributed by atoms with van der Waals surface area (Å²) < 4.78 is 45.0. The molecule has 7 nitrogen and oxygen atoms in total. The molecule has 0 aromatic heterocycles. The van der Waals surface area contributed by atoms with Crippen molar-refractivity contribution in [2.24, 2.45) is 10.8 Å². The minimum absolute atomic E-state index is 0.0215. The van der Waals surface area contributed by atoms with Gasteiger partial charge in [-0.2, -0.15) is 13.2 Å². The molecule has 1 heterocycles. The third kappa shape index (κ3) is 5.32. The average molecular weight is 603 g/mol. The van der Waals surface area contributed by atoms with E-state index in [0.717, 1.165) is 17.5 Å². The largest absolute Gasteiger partial charge is 0.449 e. The van der Waals surface area contributed by atoms with Crippen molar-refractivity contribution in [3.63, 3.8) is 0 Å². The number of alkyl halides is 3. The van der Waals surface area contributed by atoms with Crippen molar-refractivity contribution in [3.8, 4) is 11.5 Å².